The van der Waals surface area contributed by atoms with Crippen LogP contribution in [0.5, 0.6) is 0 Å². The quantitative estimate of drug-likeness (QED) is 0.476. The maximum atomic E-state index is 12.8. The molecule has 1 amide bonds. The molecule has 30 heavy (non-hydrogen) atoms. The molecule has 4 rings (SSSR count). The van der Waals surface area contributed by atoms with Crippen LogP contribution in [0.4, 0.5) is 5.82 Å². The summed E-state index contributed by atoms with van der Waals surface area (Å²) in [5, 5.41) is 6.15. The van der Waals surface area contributed by atoms with E-state index in [-0.39, 0.29) is 5.91 Å². The SMILES string of the molecule is Cc1cccc(CNC(=O)c2cc(NCc3ccco3)nc(-c3ccccc3)n2)c1. The summed E-state index contributed by atoms with van der Waals surface area (Å²) in [5.41, 5.74) is 3.33. The zero-order chi connectivity index (χ0) is 20.8. The number of anilines is 1. The predicted octanol–water partition coefficient (Wildman–Crippen LogP) is 4.59. The summed E-state index contributed by atoms with van der Waals surface area (Å²) in [5.74, 6) is 1.57. The summed E-state index contributed by atoms with van der Waals surface area (Å²) in [6, 6.07) is 23.0. The van der Waals surface area contributed by atoms with Crippen molar-refractivity contribution in [2.24, 2.45) is 0 Å². The summed E-state index contributed by atoms with van der Waals surface area (Å²) in [6.07, 6.45) is 1.62. The van der Waals surface area contributed by atoms with Gasteiger partial charge in [0.2, 0.25) is 0 Å². The highest BCUT2D eigenvalue weighted by Gasteiger charge is 2.13. The number of amides is 1. The van der Waals surface area contributed by atoms with Crippen molar-refractivity contribution in [1.29, 1.82) is 0 Å². The van der Waals surface area contributed by atoms with Crippen molar-refractivity contribution in [3.05, 3.63) is 102 Å². The van der Waals surface area contributed by atoms with Crippen LogP contribution in [-0.4, -0.2) is 15.9 Å². The second-order valence-corrected chi connectivity index (χ2v) is 6.93. The smallest absolute Gasteiger partial charge is 0.270 e. The Hall–Kier alpha value is -3.93. The summed E-state index contributed by atoms with van der Waals surface area (Å²) in [4.78, 5) is 21.9. The van der Waals surface area contributed by atoms with Crippen LogP contribution in [0.25, 0.3) is 11.4 Å². The van der Waals surface area contributed by atoms with Crippen LogP contribution in [-0.2, 0) is 13.1 Å². The average Bonchev–Trinajstić information content (AvgIpc) is 3.30. The highest BCUT2D eigenvalue weighted by molar-refractivity contribution is 5.93. The van der Waals surface area contributed by atoms with Crippen molar-refractivity contribution in [3.63, 3.8) is 0 Å². The van der Waals surface area contributed by atoms with Crippen molar-refractivity contribution >= 4 is 11.7 Å². The van der Waals surface area contributed by atoms with Crippen LogP contribution in [0.3, 0.4) is 0 Å². The number of carbonyl (C=O) groups is 1. The molecule has 6 nitrogen and oxygen atoms in total. The molecule has 0 saturated carbocycles. The number of rotatable bonds is 7. The number of furan rings is 1. The third-order valence-corrected chi connectivity index (χ3v) is 4.55. The minimum absolute atomic E-state index is 0.253. The molecule has 0 aliphatic rings. The van der Waals surface area contributed by atoms with Gasteiger partial charge in [-0.25, -0.2) is 9.97 Å². The molecule has 0 aliphatic heterocycles. The van der Waals surface area contributed by atoms with E-state index in [1.807, 2.05) is 73.7 Å². The summed E-state index contributed by atoms with van der Waals surface area (Å²) >= 11 is 0. The molecule has 0 fully saturated rings. The van der Waals surface area contributed by atoms with Gasteiger partial charge in [-0.05, 0) is 24.6 Å². The first kappa shape index (κ1) is 19.4. The lowest BCUT2D eigenvalue weighted by molar-refractivity contribution is 0.0946. The van der Waals surface area contributed by atoms with Crippen molar-refractivity contribution in [2.45, 2.75) is 20.0 Å². The Morgan fingerprint density at radius 3 is 2.57 bits per heavy atom. The lowest BCUT2D eigenvalue weighted by Crippen LogP contribution is -2.24. The lowest BCUT2D eigenvalue weighted by atomic mass is 10.1. The van der Waals surface area contributed by atoms with Gasteiger partial charge in [-0.15, -0.1) is 0 Å². The molecule has 0 aliphatic carbocycles. The van der Waals surface area contributed by atoms with E-state index in [2.05, 4.69) is 20.6 Å². The molecule has 0 atom stereocenters. The monoisotopic (exact) mass is 398 g/mol. The zero-order valence-corrected chi connectivity index (χ0v) is 16.6. The summed E-state index contributed by atoms with van der Waals surface area (Å²) < 4.78 is 5.36. The van der Waals surface area contributed by atoms with Gasteiger partial charge in [0.15, 0.2) is 5.82 Å². The Balaban J connectivity index is 1.56. The fourth-order valence-corrected chi connectivity index (χ4v) is 3.06. The fraction of sp³-hybridized carbons (Fsp3) is 0.125. The highest BCUT2D eigenvalue weighted by Crippen LogP contribution is 2.18. The van der Waals surface area contributed by atoms with Gasteiger partial charge in [-0.1, -0.05) is 60.2 Å². The second-order valence-electron chi connectivity index (χ2n) is 6.93. The van der Waals surface area contributed by atoms with Crippen LogP contribution in [0.1, 0.15) is 27.4 Å². The Kier molecular flexibility index (Phi) is 5.85. The van der Waals surface area contributed by atoms with Gasteiger partial charge < -0.3 is 15.1 Å². The van der Waals surface area contributed by atoms with E-state index in [1.54, 1.807) is 12.3 Å². The molecule has 2 aromatic carbocycles. The van der Waals surface area contributed by atoms with Crippen molar-refractivity contribution in [3.8, 4) is 11.4 Å². The van der Waals surface area contributed by atoms with Crippen LogP contribution < -0.4 is 10.6 Å². The van der Waals surface area contributed by atoms with Crippen LogP contribution in [0.15, 0.2) is 83.5 Å². The zero-order valence-electron chi connectivity index (χ0n) is 16.6. The van der Waals surface area contributed by atoms with Crippen LogP contribution in [0, 0.1) is 6.92 Å². The molecular formula is C24H22N4O2. The summed E-state index contributed by atoms with van der Waals surface area (Å²) in [6.45, 7) is 2.92. The van der Waals surface area contributed by atoms with E-state index in [4.69, 9.17) is 4.42 Å². The number of aromatic nitrogens is 2. The molecular weight excluding hydrogens is 376 g/mol. The predicted molar refractivity (Wildman–Crippen MR) is 116 cm³/mol. The maximum absolute atomic E-state index is 12.8. The standard InChI is InChI=1S/C24H22N4O2/c1-17-7-5-8-18(13-17)15-26-24(29)21-14-22(25-16-20-11-6-12-30-20)28-23(27-21)19-9-3-2-4-10-19/h2-14H,15-16H2,1H3,(H,26,29)(H,25,27,28). The highest BCUT2D eigenvalue weighted by atomic mass is 16.3. The lowest BCUT2D eigenvalue weighted by Gasteiger charge is -2.10. The van der Waals surface area contributed by atoms with E-state index in [0.717, 1.165) is 22.5 Å². The minimum atomic E-state index is -0.253. The number of carbonyl (C=O) groups excluding carboxylic acids is 1. The average molecular weight is 398 g/mol. The molecule has 2 N–H and O–H groups in total. The number of hydrogen-bond acceptors (Lipinski definition) is 5. The van der Waals surface area contributed by atoms with Gasteiger partial charge in [0.1, 0.15) is 17.3 Å². The first-order valence-electron chi connectivity index (χ1n) is 9.72. The largest absolute Gasteiger partial charge is 0.467 e. The molecule has 0 unspecified atom stereocenters. The number of benzene rings is 2. The van der Waals surface area contributed by atoms with E-state index in [0.29, 0.717) is 30.4 Å². The van der Waals surface area contributed by atoms with E-state index >= 15 is 0 Å². The number of nitrogens with zero attached hydrogens (tertiary/aromatic N) is 2. The first-order valence-corrected chi connectivity index (χ1v) is 9.72. The van der Waals surface area contributed by atoms with Gasteiger partial charge in [-0.3, -0.25) is 4.79 Å². The van der Waals surface area contributed by atoms with E-state index < -0.39 is 0 Å². The van der Waals surface area contributed by atoms with Crippen molar-refractivity contribution in [2.75, 3.05) is 5.32 Å². The van der Waals surface area contributed by atoms with Gasteiger partial charge in [0.25, 0.3) is 5.91 Å². The molecule has 6 heteroatoms. The third kappa shape index (κ3) is 4.91. The normalized spacial score (nSPS) is 10.6. The van der Waals surface area contributed by atoms with Crippen molar-refractivity contribution < 1.29 is 9.21 Å². The maximum Gasteiger partial charge on any atom is 0.270 e. The van der Waals surface area contributed by atoms with E-state index in [9.17, 15) is 4.79 Å². The molecule has 0 saturated heterocycles. The molecule has 2 aromatic heterocycles. The Labute approximate surface area is 175 Å². The van der Waals surface area contributed by atoms with Gasteiger partial charge in [0, 0.05) is 18.2 Å². The fourth-order valence-electron chi connectivity index (χ4n) is 3.06. The number of aryl methyl sites for hydroxylation is 1. The van der Waals surface area contributed by atoms with Gasteiger partial charge in [0.05, 0.1) is 12.8 Å². The minimum Gasteiger partial charge on any atom is -0.467 e. The molecule has 0 spiro atoms. The van der Waals surface area contributed by atoms with Crippen LogP contribution in [0.2, 0.25) is 0 Å². The summed E-state index contributed by atoms with van der Waals surface area (Å²) in [7, 11) is 0. The Morgan fingerprint density at radius 2 is 1.80 bits per heavy atom. The Bertz CT molecular complexity index is 1130. The second kappa shape index (κ2) is 9.05. The number of nitrogens with one attached hydrogen (secondary N) is 2. The molecule has 4 aromatic rings. The van der Waals surface area contributed by atoms with Crippen LogP contribution >= 0.6 is 0 Å². The first-order chi connectivity index (χ1) is 14.7. The molecule has 150 valence electrons. The topological polar surface area (TPSA) is 80.0 Å². The van der Waals surface area contributed by atoms with Gasteiger partial charge >= 0.3 is 0 Å². The molecule has 0 radical (unpaired) electrons. The Morgan fingerprint density at radius 1 is 0.933 bits per heavy atom. The van der Waals surface area contributed by atoms with Crippen molar-refractivity contribution in [1.82, 2.24) is 15.3 Å². The molecule has 0 bridgehead atoms. The third-order valence-electron chi connectivity index (χ3n) is 4.55. The van der Waals surface area contributed by atoms with E-state index in [1.165, 1.54) is 0 Å². The molecule has 2 heterocycles. The van der Waals surface area contributed by atoms with Gasteiger partial charge in [-0.2, -0.15) is 0 Å². The number of hydrogen-bond donors (Lipinski definition) is 2.